The molecule has 2 rings (SSSR count). The lowest BCUT2D eigenvalue weighted by Crippen LogP contribution is -2.26. The van der Waals surface area contributed by atoms with Gasteiger partial charge >= 0.3 is 0 Å². The third-order valence-electron chi connectivity index (χ3n) is 4.15. The highest BCUT2D eigenvalue weighted by atomic mass is 15.1. The molecule has 0 aromatic carbocycles. The van der Waals surface area contributed by atoms with Crippen molar-refractivity contribution in [3.8, 4) is 0 Å². The highest BCUT2D eigenvalue weighted by Gasteiger charge is 2.20. The fraction of sp³-hybridized carbons (Fsp3) is 0.750. The third-order valence-corrected chi connectivity index (χ3v) is 4.15. The molecular formula is C16H28N4. The Balaban J connectivity index is 2.11. The van der Waals surface area contributed by atoms with Gasteiger partial charge in [-0.3, -0.25) is 0 Å². The van der Waals surface area contributed by atoms with E-state index in [1.807, 2.05) is 0 Å². The second-order valence-electron chi connectivity index (χ2n) is 5.93. The van der Waals surface area contributed by atoms with Crippen LogP contribution in [0.2, 0.25) is 0 Å². The van der Waals surface area contributed by atoms with E-state index < -0.39 is 0 Å². The SMILES string of the molecule is CCCc1c(NCC)ncnc1NC1CCC(C)CC1. The van der Waals surface area contributed by atoms with E-state index in [4.69, 9.17) is 0 Å². The molecule has 1 aromatic rings. The largest absolute Gasteiger partial charge is 0.370 e. The maximum absolute atomic E-state index is 4.49. The average Bonchev–Trinajstić information content (AvgIpc) is 2.45. The van der Waals surface area contributed by atoms with Gasteiger partial charge in [-0.2, -0.15) is 0 Å². The van der Waals surface area contributed by atoms with E-state index in [0.29, 0.717) is 6.04 Å². The van der Waals surface area contributed by atoms with Gasteiger partial charge in [0, 0.05) is 18.2 Å². The summed E-state index contributed by atoms with van der Waals surface area (Å²) in [7, 11) is 0. The van der Waals surface area contributed by atoms with Crippen LogP contribution in [0.4, 0.5) is 11.6 Å². The first-order chi connectivity index (χ1) is 9.74. The molecule has 0 saturated heterocycles. The van der Waals surface area contributed by atoms with Crippen LogP contribution < -0.4 is 10.6 Å². The van der Waals surface area contributed by atoms with Gasteiger partial charge in [0.1, 0.15) is 18.0 Å². The monoisotopic (exact) mass is 276 g/mol. The summed E-state index contributed by atoms with van der Waals surface area (Å²) < 4.78 is 0. The first kappa shape index (κ1) is 15.1. The van der Waals surface area contributed by atoms with Crippen molar-refractivity contribution in [2.75, 3.05) is 17.2 Å². The maximum atomic E-state index is 4.49. The van der Waals surface area contributed by atoms with E-state index in [1.54, 1.807) is 6.33 Å². The molecule has 0 unspecified atom stereocenters. The van der Waals surface area contributed by atoms with Crippen LogP contribution in [-0.4, -0.2) is 22.6 Å². The van der Waals surface area contributed by atoms with E-state index in [1.165, 1.54) is 31.2 Å². The van der Waals surface area contributed by atoms with Crippen LogP contribution in [0, 0.1) is 5.92 Å². The molecule has 4 nitrogen and oxygen atoms in total. The maximum Gasteiger partial charge on any atom is 0.134 e. The van der Waals surface area contributed by atoms with Crippen LogP contribution >= 0.6 is 0 Å². The molecule has 112 valence electrons. The topological polar surface area (TPSA) is 49.8 Å². The minimum atomic E-state index is 0.575. The zero-order valence-corrected chi connectivity index (χ0v) is 13.1. The molecule has 20 heavy (non-hydrogen) atoms. The Bertz CT molecular complexity index is 411. The summed E-state index contributed by atoms with van der Waals surface area (Å²) in [6, 6.07) is 0.575. The van der Waals surface area contributed by atoms with Crippen LogP contribution in [0.15, 0.2) is 6.33 Å². The minimum Gasteiger partial charge on any atom is -0.370 e. The molecule has 1 aliphatic rings. The van der Waals surface area contributed by atoms with Crippen molar-refractivity contribution < 1.29 is 0 Å². The second-order valence-corrected chi connectivity index (χ2v) is 5.93. The molecule has 1 aliphatic carbocycles. The first-order valence-corrected chi connectivity index (χ1v) is 8.08. The number of hydrogen-bond donors (Lipinski definition) is 2. The van der Waals surface area contributed by atoms with Gasteiger partial charge in [0.2, 0.25) is 0 Å². The normalized spacial score (nSPS) is 22.6. The van der Waals surface area contributed by atoms with Gasteiger partial charge < -0.3 is 10.6 Å². The van der Waals surface area contributed by atoms with Crippen molar-refractivity contribution in [2.24, 2.45) is 5.92 Å². The summed E-state index contributed by atoms with van der Waals surface area (Å²) in [5.74, 6) is 2.92. The predicted molar refractivity (Wildman–Crippen MR) is 85.2 cm³/mol. The lowest BCUT2D eigenvalue weighted by Gasteiger charge is -2.28. The molecule has 0 bridgehead atoms. The van der Waals surface area contributed by atoms with Crippen LogP contribution in [0.1, 0.15) is 58.4 Å². The molecule has 0 radical (unpaired) electrons. The molecule has 1 aromatic heterocycles. The Kier molecular flexibility index (Phi) is 5.62. The minimum absolute atomic E-state index is 0.575. The van der Waals surface area contributed by atoms with E-state index in [9.17, 15) is 0 Å². The van der Waals surface area contributed by atoms with E-state index in [2.05, 4.69) is 41.4 Å². The van der Waals surface area contributed by atoms with E-state index in [-0.39, 0.29) is 0 Å². The molecule has 2 N–H and O–H groups in total. The highest BCUT2D eigenvalue weighted by Crippen LogP contribution is 2.28. The van der Waals surface area contributed by atoms with Gasteiger partial charge in [0.05, 0.1) is 0 Å². The number of aromatic nitrogens is 2. The quantitative estimate of drug-likeness (QED) is 0.828. The highest BCUT2D eigenvalue weighted by molar-refractivity contribution is 5.57. The Hall–Kier alpha value is -1.32. The number of rotatable bonds is 6. The predicted octanol–water partition coefficient (Wildman–Crippen LogP) is 3.85. The Morgan fingerprint density at radius 2 is 1.80 bits per heavy atom. The summed E-state index contributed by atoms with van der Waals surface area (Å²) in [5, 5.41) is 7.02. The molecule has 1 heterocycles. The van der Waals surface area contributed by atoms with Gasteiger partial charge in [-0.25, -0.2) is 9.97 Å². The average molecular weight is 276 g/mol. The van der Waals surface area contributed by atoms with Crippen molar-refractivity contribution in [2.45, 2.75) is 65.3 Å². The summed E-state index contributed by atoms with van der Waals surface area (Å²) in [6.07, 6.45) is 8.97. The summed E-state index contributed by atoms with van der Waals surface area (Å²) >= 11 is 0. The van der Waals surface area contributed by atoms with E-state index in [0.717, 1.165) is 36.9 Å². The van der Waals surface area contributed by atoms with Crippen molar-refractivity contribution in [3.05, 3.63) is 11.9 Å². The zero-order valence-electron chi connectivity index (χ0n) is 13.1. The molecule has 1 saturated carbocycles. The second kappa shape index (κ2) is 7.46. The van der Waals surface area contributed by atoms with Crippen molar-refractivity contribution in [3.63, 3.8) is 0 Å². The van der Waals surface area contributed by atoms with Gasteiger partial charge in [0.25, 0.3) is 0 Å². The summed E-state index contributed by atoms with van der Waals surface area (Å²) in [6.45, 7) is 7.56. The third kappa shape index (κ3) is 3.84. The lowest BCUT2D eigenvalue weighted by atomic mass is 9.87. The van der Waals surface area contributed by atoms with Crippen molar-refractivity contribution >= 4 is 11.6 Å². The molecule has 1 fully saturated rings. The number of nitrogens with zero attached hydrogens (tertiary/aromatic N) is 2. The van der Waals surface area contributed by atoms with E-state index >= 15 is 0 Å². The number of nitrogens with one attached hydrogen (secondary N) is 2. The Morgan fingerprint density at radius 1 is 1.10 bits per heavy atom. The van der Waals surface area contributed by atoms with Crippen molar-refractivity contribution in [1.29, 1.82) is 0 Å². The van der Waals surface area contributed by atoms with Crippen LogP contribution in [0.25, 0.3) is 0 Å². The van der Waals surface area contributed by atoms with Crippen LogP contribution in [-0.2, 0) is 6.42 Å². The summed E-state index contributed by atoms with van der Waals surface area (Å²) in [4.78, 5) is 8.88. The Morgan fingerprint density at radius 3 is 2.45 bits per heavy atom. The van der Waals surface area contributed by atoms with Gasteiger partial charge in [0.15, 0.2) is 0 Å². The fourth-order valence-electron chi connectivity index (χ4n) is 2.94. The molecule has 0 aliphatic heterocycles. The van der Waals surface area contributed by atoms with Gasteiger partial charge in [-0.15, -0.1) is 0 Å². The molecule has 0 atom stereocenters. The lowest BCUT2D eigenvalue weighted by molar-refractivity contribution is 0.360. The van der Waals surface area contributed by atoms with Gasteiger partial charge in [-0.1, -0.05) is 20.3 Å². The number of anilines is 2. The standard InChI is InChI=1S/C16H28N4/c1-4-6-14-15(17-5-2)18-11-19-16(14)20-13-9-7-12(3)8-10-13/h11-13H,4-10H2,1-3H3,(H2,17,18,19,20). The number of hydrogen-bond acceptors (Lipinski definition) is 4. The Labute approximate surface area is 122 Å². The first-order valence-electron chi connectivity index (χ1n) is 8.08. The zero-order chi connectivity index (χ0) is 14.4. The summed E-state index contributed by atoms with van der Waals surface area (Å²) in [5.41, 5.74) is 1.25. The molecular weight excluding hydrogens is 248 g/mol. The van der Waals surface area contributed by atoms with Crippen LogP contribution in [0.3, 0.4) is 0 Å². The smallest absolute Gasteiger partial charge is 0.134 e. The molecule has 0 spiro atoms. The molecule has 0 amide bonds. The molecule has 4 heteroatoms. The van der Waals surface area contributed by atoms with Crippen LogP contribution in [0.5, 0.6) is 0 Å². The van der Waals surface area contributed by atoms with Crippen molar-refractivity contribution in [1.82, 2.24) is 9.97 Å². The van der Waals surface area contributed by atoms with Gasteiger partial charge in [-0.05, 0) is 44.9 Å². The fourth-order valence-corrected chi connectivity index (χ4v) is 2.94.